The van der Waals surface area contributed by atoms with E-state index in [1.807, 2.05) is 12.1 Å². The molecule has 0 aliphatic heterocycles. The fourth-order valence-electron chi connectivity index (χ4n) is 2.59. The molecule has 1 aromatic carbocycles. The minimum atomic E-state index is 0. The predicted molar refractivity (Wildman–Crippen MR) is 88.6 cm³/mol. The average Bonchev–Trinajstić information content (AvgIpc) is 2.38. The molecule has 19 heavy (non-hydrogen) atoms. The van der Waals surface area contributed by atoms with Gasteiger partial charge < -0.3 is 11.1 Å². The summed E-state index contributed by atoms with van der Waals surface area (Å²) in [5.74, 6) is 0.567. The Morgan fingerprint density at radius 1 is 1.11 bits per heavy atom. The fraction of sp³-hybridized carbons (Fsp3) is 0.600. The van der Waals surface area contributed by atoms with Crippen LogP contribution in [0.1, 0.15) is 50.5 Å². The maximum absolute atomic E-state index is 5.70. The monoisotopic (exact) mass is 304 g/mol. The van der Waals surface area contributed by atoms with E-state index in [1.165, 1.54) is 37.7 Å². The summed E-state index contributed by atoms with van der Waals surface area (Å²) in [6.07, 6.45) is 6.93. The van der Waals surface area contributed by atoms with E-state index >= 15 is 0 Å². The summed E-state index contributed by atoms with van der Waals surface area (Å²) in [5.41, 5.74) is 7.93. The van der Waals surface area contributed by atoms with Gasteiger partial charge in [-0.1, -0.05) is 38.3 Å². The molecule has 2 nitrogen and oxygen atoms in total. The van der Waals surface area contributed by atoms with Crippen molar-refractivity contribution in [1.29, 1.82) is 0 Å². The third-order valence-corrected chi connectivity index (χ3v) is 3.82. The minimum absolute atomic E-state index is 0. The van der Waals surface area contributed by atoms with Crippen molar-refractivity contribution >= 4 is 30.5 Å². The maximum atomic E-state index is 5.70. The van der Waals surface area contributed by atoms with Gasteiger partial charge in [-0.3, -0.25) is 0 Å². The zero-order chi connectivity index (χ0) is 12.1. The summed E-state index contributed by atoms with van der Waals surface area (Å²) in [4.78, 5) is 0. The Morgan fingerprint density at radius 2 is 1.68 bits per heavy atom. The average molecular weight is 305 g/mol. The second-order valence-corrected chi connectivity index (χ2v) is 5.31. The SMILES string of the molecule is CC(CNC1CCCCC1)c1ccc(N)cc1.Cl.Cl. The van der Waals surface area contributed by atoms with Crippen LogP contribution in [-0.2, 0) is 0 Å². The van der Waals surface area contributed by atoms with Crippen LogP contribution in [0.2, 0.25) is 0 Å². The number of hydrogen-bond acceptors (Lipinski definition) is 2. The Balaban J connectivity index is 0.00000162. The molecule has 1 aliphatic rings. The van der Waals surface area contributed by atoms with Crippen molar-refractivity contribution < 1.29 is 0 Å². The molecule has 2 rings (SSSR count). The molecule has 3 N–H and O–H groups in total. The minimum Gasteiger partial charge on any atom is -0.399 e. The molecule has 0 radical (unpaired) electrons. The van der Waals surface area contributed by atoms with Gasteiger partial charge in [0, 0.05) is 18.3 Å². The zero-order valence-corrected chi connectivity index (χ0v) is 13.2. The van der Waals surface area contributed by atoms with Crippen LogP contribution in [-0.4, -0.2) is 12.6 Å². The lowest BCUT2D eigenvalue weighted by molar-refractivity contribution is 0.367. The largest absolute Gasteiger partial charge is 0.399 e. The van der Waals surface area contributed by atoms with Gasteiger partial charge in [-0.25, -0.2) is 0 Å². The summed E-state index contributed by atoms with van der Waals surface area (Å²) >= 11 is 0. The topological polar surface area (TPSA) is 38.0 Å². The number of nitrogens with two attached hydrogens (primary N) is 1. The number of hydrogen-bond donors (Lipinski definition) is 2. The van der Waals surface area contributed by atoms with Gasteiger partial charge in [0.25, 0.3) is 0 Å². The van der Waals surface area contributed by atoms with Crippen LogP contribution in [0.4, 0.5) is 5.69 Å². The molecule has 1 atom stereocenters. The molecule has 1 aromatic rings. The molecule has 0 saturated heterocycles. The first-order valence-electron chi connectivity index (χ1n) is 6.84. The van der Waals surface area contributed by atoms with Gasteiger partial charge >= 0.3 is 0 Å². The van der Waals surface area contributed by atoms with Gasteiger partial charge in [-0.15, -0.1) is 24.8 Å². The Hall–Kier alpha value is -0.440. The third kappa shape index (κ3) is 6.03. The molecule has 0 amide bonds. The van der Waals surface area contributed by atoms with Crippen LogP contribution in [0.15, 0.2) is 24.3 Å². The first-order chi connectivity index (χ1) is 8.25. The van der Waals surface area contributed by atoms with Crippen molar-refractivity contribution in [2.75, 3.05) is 12.3 Å². The molecule has 1 unspecified atom stereocenters. The molecule has 1 aliphatic carbocycles. The van der Waals surface area contributed by atoms with E-state index in [4.69, 9.17) is 5.73 Å². The van der Waals surface area contributed by atoms with Crippen molar-refractivity contribution in [3.05, 3.63) is 29.8 Å². The lowest BCUT2D eigenvalue weighted by Gasteiger charge is -2.24. The quantitative estimate of drug-likeness (QED) is 0.821. The zero-order valence-electron chi connectivity index (χ0n) is 11.6. The van der Waals surface area contributed by atoms with Crippen molar-refractivity contribution in [1.82, 2.24) is 5.32 Å². The Labute approximate surface area is 129 Å². The molecule has 110 valence electrons. The maximum Gasteiger partial charge on any atom is 0.0314 e. The second-order valence-electron chi connectivity index (χ2n) is 5.31. The van der Waals surface area contributed by atoms with Gasteiger partial charge in [0.15, 0.2) is 0 Å². The molecule has 0 bridgehead atoms. The first-order valence-corrected chi connectivity index (χ1v) is 6.84. The molecule has 0 aromatic heterocycles. The second kappa shape index (κ2) is 9.46. The summed E-state index contributed by atoms with van der Waals surface area (Å²) in [6, 6.07) is 9.02. The summed E-state index contributed by atoms with van der Waals surface area (Å²) in [5, 5.41) is 3.70. The number of rotatable bonds is 4. The third-order valence-electron chi connectivity index (χ3n) is 3.82. The van der Waals surface area contributed by atoms with Crippen molar-refractivity contribution in [2.24, 2.45) is 0 Å². The van der Waals surface area contributed by atoms with E-state index < -0.39 is 0 Å². The van der Waals surface area contributed by atoms with E-state index in [0.29, 0.717) is 5.92 Å². The van der Waals surface area contributed by atoms with Gasteiger partial charge in [0.05, 0.1) is 0 Å². The predicted octanol–water partition coefficient (Wildman–Crippen LogP) is 4.14. The molecule has 4 heteroatoms. The Morgan fingerprint density at radius 3 is 2.26 bits per heavy atom. The Bertz CT molecular complexity index is 335. The standard InChI is InChI=1S/C15H24N2.2ClH/c1-12(13-7-9-14(16)10-8-13)11-17-15-5-3-2-4-6-15;;/h7-10,12,15,17H,2-6,11,16H2,1H3;2*1H. The molecular weight excluding hydrogens is 279 g/mol. The van der Waals surface area contributed by atoms with E-state index in [1.54, 1.807) is 0 Å². The van der Waals surface area contributed by atoms with Crippen LogP contribution >= 0.6 is 24.8 Å². The normalized spacial score (nSPS) is 17.1. The Kier molecular flexibility index (Phi) is 9.24. The fourth-order valence-corrected chi connectivity index (χ4v) is 2.59. The van der Waals surface area contributed by atoms with Crippen LogP contribution in [0, 0.1) is 0 Å². The molecular formula is C15H26Cl2N2. The van der Waals surface area contributed by atoms with Crippen molar-refractivity contribution in [3.63, 3.8) is 0 Å². The highest BCUT2D eigenvalue weighted by Crippen LogP contribution is 2.20. The highest BCUT2D eigenvalue weighted by atomic mass is 35.5. The molecule has 1 saturated carbocycles. The molecule has 0 heterocycles. The van der Waals surface area contributed by atoms with Crippen LogP contribution in [0.3, 0.4) is 0 Å². The van der Waals surface area contributed by atoms with Crippen LogP contribution < -0.4 is 11.1 Å². The van der Waals surface area contributed by atoms with E-state index in [-0.39, 0.29) is 24.8 Å². The van der Waals surface area contributed by atoms with E-state index in [2.05, 4.69) is 24.4 Å². The molecule has 0 spiro atoms. The first kappa shape index (κ1) is 18.6. The van der Waals surface area contributed by atoms with Crippen molar-refractivity contribution in [3.8, 4) is 0 Å². The summed E-state index contributed by atoms with van der Waals surface area (Å²) in [7, 11) is 0. The van der Waals surface area contributed by atoms with E-state index in [0.717, 1.165) is 18.3 Å². The van der Waals surface area contributed by atoms with Crippen LogP contribution in [0.25, 0.3) is 0 Å². The highest BCUT2D eigenvalue weighted by Gasteiger charge is 2.14. The summed E-state index contributed by atoms with van der Waals surface area (Å²) < 4.78 is 0. The van der Waals surface area contributed by atoms with Crippen molar-refractivity contribution in [2.45, 2.75) is 51.0 Å². The number of nitrogens with one attached hydrogen (secondary N) is 1. The number of nitrogen functional groups attached to an aromatic ring is 1. The van der Waals surface area contributed by atoms with E-state index in [9.17, 15) is 0 Å². The summed E-state index contributed by atoms with van der Waals surface area (Å²) in [6.45, 7) is 3.36. The van der Waals surface area contributed by atoms with Gasteiger partial charge in [-0.2, -0.15) is 0 Å². The number of halogens is 2. The smallest absolute Gasteiger partial charge is 0.0314 e. The molecule has 1 fully saturated rings. The van der Waals surface area contributed by atoms with Gasteiger partial charge in [0.1, 0.15) is 0 Å². The highest BCUT2D eigenvalue weighted by molar-refractivity contribution is 5.85. The lowest BCUT2D eigenvalue weighted by atomic mass is 9.94. The lowest BCUT2D eigenvalue weighted by Crippen LogP contribution is -2.33. The number of anilines is 1. The van der Waals surface area contributed by atoms with Gasteiger partial charge in [-0.05, 0) is 36.5 Å². The van der Waals surface area contributed by atoms with Crippen LogP contribution in [0.5, 0.6) is 0 Å². The van der Waals surface area contributed by atoms with Gasteiger partial charge in [0.2, 0.25) is 0 Å². The number of benzene rings is 1.